The molecule has 202 valence electrons. The monoisotopic (exact) mass is 523 g/mol. The highest BCUT2D eigenvalue weighted by Crippen LogP contribution is 2.46. The Morgan fingerprint density at radius 2 is 1.76 bits per heavy atom. The van der Waals surface area contributed by atoms with Gasteiger partial charge in [-0.3, -0.25) is 9.59 Å². The van der Waals surface area contributed by atoms with Crippen LogP contribution in [0.4, 0.5) is 4.79 Å². The van der Waals surface area contributed by atoms with Gasteiger partial charge in [-0.1, -0.05) is 43.3 Å². The van der Waals surface area contributed by atoms with Crippen molar-refractivity contribution in [2.75, 3.05) is 39.7 Å². The highest BCUT2D eigenvalue weighted by Gasteiger charge is 2.56. The van der Waals surface area contributed by atoms with Crippen LogP contribution in [-0.2, 0) is 25.6 Å². The third-order valence-electron chi connectivity index (χ3n) is 7.38. The Morgan fingerprint density at radius 3 is 2.50 bits per heavy atom. The normalized spacial score (nSPS) is 24.3. The van der Waals surface area contributed by atoms with Crippen LogP contribution in [0, 0.1) is 11.8 Å². The van der Waals surface area contributed by atoms with Crippen LogP contribution < -0.4 is 14.8 Å². The molecule has 0 saturated carbocycles. The second-order valence-corrected chi connectivity index (χ2v) is 9.63. The summed E-state index contributed by atoms with van der Waals surface area (Å²) in [7, 11) is 0. The van der Waals surface area contributed by atoms with Crippen LogP contribution in [-0.4, -0.2) is 73.5 Å². The van der Waals surface area contributed by atoms with E-state index in [1.807, 2.05) is 49.4 Å². The lowest BCUT2D eigenvalue weighted by molar-refractivity contribution is -0.150. The number of carbonyl (C=O) groups excluding carboxylic acids is 3. The molecule has 4 atom stereocenters. The summed E-state index contributed by atoms with van der Waals surface area (Å²) < 4.78 is 21.7. The summed E-state index contributed by atoms with van der Waals surface area (Å²) >= 11 is 0. The quantitative estimate of drug-likeness (QED) is 0.581. The van der Waals surface area contributed by atoms with Crippen LogP contribution in [0.5, 0.6) is 11.5 Å². The van der Waals surface area contributed by atoms with Crippen molar-refractivity contribution in [2.24, 2.45) is 11.8 Å². The molecule has 3 aliphatic rings. The van der Waals surface area contributed by atoms with Crippen molar-refractivity contribution in [1.29, 1.82) is 0 Å². The van der Waals surface area contributed by atoms with Crippen LogP contribution in [0.2, 0.25) is 0 Å². The molecule has 2 fully saturated rings. The number of carbonyl (C=O) groups is 3. The van der Waals surface area contributed by atoms with Crippen molar-refractivity contribution < 1.29 is 33.3 Å². The predicted octanol–water partition coefficient (Wildman–Crippen LogP) is 2.72. The second kappa shape index (κ2) is 11.3. The second-order valence-electron chi connectivity index (χ2n) is 9.63. The van der Waals surface area contributed by atoms with Gasteiger partial charge in [0.25, 0.3) is 0 Å². The number of benzene rings is 2. The number of ether oxygens (including phenoxy) is 4. The molecule has 0 aliphatic carbocycles. The Hall–Kier alpha value is -3.79. The lowest BCUT2D eigenvalue weighted by atomic mass is 9.85. The van der Waals surface area contributed by atoms with Crippen molar-refractivity contribution >= 4 is 17.9 Å². The van der Waals surface area contributed by atoms with Gasteiger partial charge in [0.2, 0.25) is 12.7 Å². The highest BCUT2D eigenvalue weighted by molar-refractivity contribution is 5.91. The molecular formula is C28H33N3O7. The maximum atomic E-state index is 14.0. The van der Waals surface area contributed by atoms with E-state index in [0.717, 1.165) is 11.1 Å². The van der Waals surface area contributed by atoms with E-state index < -0.39 is 29.9 Å². The molecule has 4 unspecified atom stereocenters. The number of amides is 3. The Kier molecular flexibility index (Phi) is 7.69. The van der Waals surface area contributed by atoms with Crippen molar-refractivity contribution in [3.63, 3.8) is 0 Å². The third kappa shape index (κ3) is 5.00. The number of esters is 1. The largest absolute Gasteiger partial charge is 0.466 e. The molecule has 0 aromatic heterocycles. The van der Waals surface area contributed by atoms with Gasteiger partial charge in [0.05, 0.1) is 31.8 Å². The lowest BCUT2D eigenvalue weighted by Crippen LogP contribution is -2.54. The number of likely N-dealkylation sites (tertiary alicyclic amines) is 1. The number of urea groups is 1. The van der Waals surface area contributed by atoms with Crippen LogP contribution in [0.3, 0.4) is 0 Å². The van der Waals surface area contributed by atoms with E-state index in [1.54, 1.807) is 22.8 Å². The van der Waals surface area contributed by atoms with Gasteiger partial charge < -0.3 is 34.1 Å². The molecule has 2 aromatic carbocycles. The van der Waals surface area contributed by atoms with Gasteiger partial charge in [-0.2, -0.15) is 0 Å². The fourth-order valence-electron chi connectivity index (χ4n) is 5.55. The van der Waals surface area contributed by atoms with Crippen molar-refractivity contribution in [2.45, 2.75) is 32.5 Å². The number of fused-ring (bicyclic) bond motifs is 1. The van der Waals surface area contributed by atoms with Crippen LogP contribution in [0.1, 0.15) is 31.0 Å². The summed E-state index contributed by atoms with van der Waals surface area (Å²) in [5.74, 6) is -0.648. The van der Waals surface area contributed by atoms with Crippen molar-refractivity contribution in [3.8, 4) is 11.5 Å². The topological polar surface area (TPSA) is 107 Å². The molecule has 10 nitrogen and oxygen atoms in total. The van der Waals surface area contributed by atoms with E-state index in [-0.39, 0.29) is 31.9 Å². The molecule has 3 heterocycles. The minimum atomic E-state index is -0.876. The highest BCUT2D eigenvalue weighted by atomic mass is 16.7. The Bertz CT molecular complexity index is 1170. The molecule has 38 heavy (non-hydrogen) atoms. The summed E-state index contributed by atoms with van der Waals surface area (Å²) in [6.07, 6.45) is 0. The van der Waals surface area contributed by atoms with Crippen LogP contribution in [0.25, 0.3) is 0 Å². The first-order valence-corrected chi connectivity index (χ1v) is 13.0. The Morgan fingerprint density at radius 1 is 1.03 bits per heavy atom. The van der Waals surface area contributed by atoms with E-state index in [1.165, 1.54) is 0 Å². The molecule has 10 heteroatoms. The summed E-state index contributed by atoms with van der Waals surface area (Å²) in [6.45, 7) is 5.89. The number of morpholine rings is 1. The van der Waals surface area contributed by atoms with Crippen molar-refractivity contribution in [3.05, 3.63) is 59.7 Å². The summed E-state index contributed by atoms with van der Waals surface area (Å²) in [6, 6.07) is 13.1. The molecule has 1 N–H and O–H groups in total. The Balaban J connectivity index is 1.47. The summed E-state index contributed by atoms with van der Waals surface area (Å²) in [5, 5.41) is 2.99. The van der Waals surface area contributed by atoms with E-state index in [9.17, 15) is 14.4 Å². The van der Waals surface area contributed by atoms with Gasteiger partial charge in [-0.25, -0.2) is 4.79 Å². The van der Waals surface area contributed by atoms with Crippen molar-refractivity contribution in [1.82, 2.24) is 15.1 Å². The number of nitrogens with one attached hydrogen (secondary N) is 1. The molecule has 0 spiro atoms. The van der Waals surface area contributed by atoms with Gasteiger partial charge in [-0.15, -0.1) is 0 Å². The van der Waals surface area contributed by atoms with Crippen LogP contribution in [0.15, 0.2) is 48.5 Å². The number of rotatable bonds is 6. The first-order valence-electron chi connectivity index (χ1n) is 13.0. The van der Waals surface area contributed by atoms with E-state index >= 15 is 0 Å². The van der Waals surface area contributed by atoms with Gasteiger partial charge in [0.1, 0.15) is 6.04 Å². The average molecular weight is 524 g/mol. The molecule has 0 radical (unpaired) electrons. The first-order chi connectivity index (χ1) is 18.5. The molecule has 2 saturated heterocycles. The molecule has 5 rings (SSSR count). The summed E-state index contributed by atoms with van der Waals surface area (Å²) in [4.78, 5) is 44.4. The zero-order valence-electron chi connectivity index (χ0n) is 21.6. The van der Waals surface area contributed by atoms with Gasteiger partial charge in [0.15, 0.2) is 11.5 Å². The molecule has 2 aromatic rings. The minimum Gasteiger partial charge on any atom is -0.466 e. The SMILES string of the molecule is CCOC(=O)C1C(C)C(C(=O)NCc2ccc3c(c2)OCO3)N(C(=O)N2CCOCC2)C1c1ccccc1. The average Bonchev–Trinajstić information content (AvgIpc) is 3.54. The molecule has 0 bridgehead atoms. The zero-order valence-corrected chi connectivity index (χ0v) is 21.6. The Labute approximate surface area is 221 Å². The lowest BCUT2D eigenvalue weighted by Gasteiger charge is -2.37. The van der Waals surface area contributed by atoms with Gasteiger partial charge in [0, 0.05) is 25.6 Å². The maximum absolute atomic E-state index is 14.0. The number of hydrogen-bond donors (Lipinski definition) is 1. The van der Waals surface area contributed by atoms with Gasteiger partial charge >= 0.3 is 12.0 Å². The third-order valence-corrected chi connectivity index (χ3v) is 7.38. The molecule has 3 amide bonds. The van der Waals surface area contributed by atoms with Gasteiger partial charge in [-0.05, 0) is 30.2 Å². The van der Waals surface area contributed by atoms with Crippen LogP contribution >= 0.6 is 0 Å². The first kappa shape index (κ1) is 25.8. The smallest absolute Gasteiger partial charge is 0.321 e. The van der Waals surface area contributed by atoms with E-state index in [0.29, 0.717) is 37.8 Å². The minimum absolute atomic E-state index is 0.166. The van der Waals surface area contributed by atoms with E-state index in [4.69, 9.17) is 18.9 Å². The standard InChI is InChI=1S/C28H33N3O7/c1-3-36-27(33)23-18(2)24(26(32)29-16-19-9-10-21-22(15-19)38-17-37-21)31(25(23)20-7-5-4-6-8-20)28(34)30-11-13-35-14-12-30/h4-10,15,18,23-25H,3,11-14,16-17H2,1-2H3,(H,29,32). The number of nitrogens with zero attached hydrogens (tertiary/aromatic N) is 2. The van der Waals surface area contributed by atoms with E-state index in [2.05, 4.69) is 5.32 Å². The fraction of sp³-hybridized carbons (Fsp3) is 0.464. The fourth-order valence-corrected chi connectivity index (χ4v) is 5.55. The predicted molar refractivity (Wildman–Crippen MR) is 136 cm³/mol. The molecular weight excluding hydrogens is 490 g/mol. The zero-order chi connectivity index (χ0) is 26.6. The maximum Gasteiger partial charge on any atom is 0.321 e. The summed E-state index contributed by atoms with van der Waals surface area (Å²) in [5.41, 5.74) is 1.62. The number of hydrogen-bond acceptors (Lipinski definition) is 7. The molecule has 3 aliphatic heterocycles.